The summed E-state index contributed by atoms with van der Waals surface area (Å²) in [6, 6.07) is 3.68. The van der Waals surface area contributed by atoms with Crippen LogP contribution < -0.4 is 10.5 Å². The van der Waals surface area contributed by atoms with Crippen molar-refractivity contribution in [3.05, 3.63) is 53.2 Å². The van der Waals surface area contributed by atoms with E-state index >= 15 is 4.39 Å². The lowest BCUT2D eigenvalue weighted by atomic mass is 9.76. The Hall–Kier alpha value is -3.21. The summed E-state index contributed by atoms with van der Waals surface area (Å²) in [5.74, 6) is -1.17. The van der Waals surface area contributed by atoms with Gasteiger partial charge in [-0.25, -0.2) is 28.1 Å². The predicted octanol–water partition coefficient (Wildman–Crippen LogP) is 2.01. The Kier molecular flexibility index (Phi) is 5.29. The minimum absolute atomic E-state index is 0.0190. The van der Waals surface area contributed by atoms with E-state index in [0.717, 1.165) is 18.5 Å². The lowest BCUT2D eigenvalue weighted by molar-refractivity contribution is -0.221. The van der Waals surface area contributed by atoms with Crippen molar-refractivity contribution >= 4 is 11.8 Å². The van der Waals surface area contributed by atoms with Crippen LogP contribution in [0.3, 0.4) is 0 Å². The highest BCUT2D eigenvalue weighted by Crippen LogP contribution is 2.45. The first-order valence-corrected chi connectivity index (χ1v) is 9.36. The highest BCUT2D eigenvalue weighted by molar-refractivity contribution is 5.95. The van der Waals surface area contributed by atoms with Gasteiger partial charge in [0.05, 0.1) is 25.6 Å². The quantitative estimate of drug-likeness (QED) is 0.690. The summed E-state index contributed by atoms with van der Waals surface area (Å²) in [5, 5.41) is 0. The SMILES string of the molecule is C[C@]1(c2cc(CC(=O)c3cnc(OCF)cn3)ccc2F)N=C(N)OC2(COC2)[C@@H]1F. The average Bonchev–Trinajstić information content (AvgIpc) is 2.71. The molecule has 0 amide bonds. The number of hydrogen-bond acceptors (Lipinski definition) is 8. The van der Waals surface area contributed by atoms with Gasteiger partial charge >= 0.3 is 0 Å². The largest absolute Gasteiger partial charge is 0.451 e. The molecule has 2 atom stereocenters. The predicted molar refractivity (Wildman–Crippen MR) is 102 cm³/mol. The normalized spacial score (nSPS) is 24.1. The van der Waals surface area contributed by atoms with Gasteiger partial charge in [0.25, 0.3) is 6.02 Å². The zero-order valence-corrected chi connectivity index (χ0v) is 16.5. The first kappa shape index (κ1) is 21.0. The molecule has 0 saturated carbocycles. The standard InChI is InChI=1S/C20H19F3N4O4/c1-19(17(23)20(8-29-9-20)31-18(24)27-19)12-4-11(2-3-13(12)22)5-15(28)14-6-26-16(7-25-14)30-10-21/h2-4,6-7,17H,5,8-10H2,1H3,(H2,24,27)/t17-,19-/m1/s1. The first-order chi connectivity index (χ1) is 14.8. The second-order valence-corrected chi connectivity index (χ2v) is 7.53. The molecule has 4 rings (SSSR count). The molecule has 1 saturated heterocycles. The lowest BCUT2D eigenvalue weighted by Gasteiger charge is -2.50. The maximum atomic E-state index is 15.5. The fourth-order valence-corrected chi connectivity index (χ4v) is 3.72. The minimum Gasteiger partial charge on any atom is -0.451 e. The number of carbonyl (C=O) groups excluding carboxylic acids is 1. The van der Waals surface area contributed by atoms with Gasteiger partial charge in [0, 0.05) is 12.0 Å². The summed E-state index contributed by atoms with van der Waals surface area (Å²) >= 11 is 0. The molecule has 2 aliphatic heterocycles. The zero-order valence-electron chi connectivity index (χ0n) is 16.5. The number of halogens is 3. The fraction of sp³-hybridized carbons (Fsp3) is 0.400. The number of aliphatic imine (C=N–C) groups is 1. The van der Waals surface area contributed by atoms with Crippen LogP contribution in [0.2, 0.25) is 0 Å². The third kappa shape index (κ3) is 3.69. The van der Waals surface area contributed by atoms with Crippen LogP contribution in [0.25, 0.3) is 0 Å². The van der Waals surface area contributed by atoms with Crippen LogP contribution in [0.1, 0.15) is 28.5 Å². The van der Waals surface area contributed by atoms with Gasteiger partial charge in [0.15, 0.2) is 17.6 Å². The molecule has 8 nitrogen and oxygen atoms in total. The molecular formula is C20H19F3N4O4. The summed E-state index contributed by atoms with van der Waals surface area (Å²) in [4.78, 5) is 24.3. The Morgan fingerprint density at radius 2 is 2.10 bits per heavy atom. The fourth-order valence-electron chi connectivity index (χ4n) is 3.72. The van der Waals surface area contributed by atoms with Gasteiger partial charge in [-0.05, 0) is 24.6 Å². The summed E-state index contributed by atoms with van der Waals surface area (Å²) in [6.45, 7) is 0.299. The van der Waals surface area contributed by atoms with E-state index in [2.05, 4.69) is 19.7 Å². The molecule has 1 aromatic heterocycles. The highest BCUT2D eigenvalue weighted by atomic mass is 19.1. The van der Waals surface area contributed by atoms with Crippen molar-refractivity contribution < 1.29 is 32.2 Å². The lowest BCUT2D eigenvalue weighted by Crippen LogP contribution is -2.67. The van der Waals surface area contributed by atoms with Crippen LogP contribution in [0.15, 0.2) is 35.6 Å². The van der Waals surface area contributed by atoms with E-state index in [0.29, 0.717) is 5.56 Å². The van der Waals surface area contributed by atoms with E-state index in [4.69, 9.17) is 15.2 Å². The number of rotatable bonds is 6. The Balaban J connectivity index is 1.61. The Labute approximate surface area is 175 Å². The van der Waals surface area contributed by atoms with Crippen LogP contribution in [-0.4, -0.2) is 53.6 Å². The maximum Gasteiger partial charge on any atom is 0.283 e. The van der Waals surface area contributed by atoms with E-state index in [-0.39, 0.29) is 42.8 Å². The molecule has 0 radical (unpaired) electrons. The third-order valence-electron chi connectivity index (χ3n) is 5.36. The third-order valence-corrected chi connectivity index (χ3v) is 5.36. The molecule has 164 valence electrons. The van der Waals surface area contributed by atoms with Crippen LogP contribution in [0.5, 0.6) is 5.88 Å². The molecule has 2 aliphatic rings. The number of alkyl halides is 2. The first-order valence-electron chi connectivity index (χ1n) is 9.36. The summed E-state index contributed by atoms with van der Waals surface area (Å²) in [7, 11) is 0. The number of ether oxygens (including phenoxy) is 3. The summed E-state index contributed by atoms with van der Waals surface area (Å²) < 4.78 is 57.4. The van der Waals surface area contributed by atoms with Crippen molar-refractivity contribution in [2.75, 3.05) is 20.1 Å². The summed E-state index contributed by atoms with van der Waals surface area (Å²) in [5.41, 5.74) is 3.15. The van der Waals surface area contributed by atoms with Gasteiger partial charge in [0.2, 0.25) is 12.7 Å². The monoisotopic (exact) mass is 436 g/mol. The van der Waals surface area contributed by atoms with E-state index in [9.17, 15) is 13.6 Å². The number of carbonyl (C=O) groups is 1. The van der Waals surface area contributed by atoms with Crippen molar-refractivity contribution in [2.45, 2.75) is 30.7 Å². The van der Waals surface area contributed by atoms with Crippen molar-refractivity contribution in [2.24, 2.45) is 10.7 Å². The van der Waals surface area contributed by atoms with Crippen LogP contribution >= 0.6 is 0 Å². The number of nitrogens with zero attached hydrogens (tertiary/aromatic N) is 3. The van der Waals surface area contributed by atoms with Gasteiger partial charge in [-0.2, -0.15) is 0 Å². The van der Waals surface area contributed by atoms with Crippen molar-refractivity contribution in [3.8, 4) is 5.88 Å². The number of hydrogen-bond donors (Lipinski definition) is 1. The smallest absolute Gasteiger partial charge is 0.283 e. The van der Waals surface area contributed by atoms with Crippen molar-refractivity contribution in [3.63, 3.8) is 0 Å². The topological polar surface area (TPSA) is 109 Å². The number of Topliss-reactive ketones (excluding diaryl/α,β-unsaturated/α-hetero) is 1. The molecule has 2 N–H and O–H groups in total. The second kappa shape index (κ2) is 7.80. The number of amidine groups is 1. The highest BCUT2D eigenvalue weighted by Gasteiger charge is 2.61. The molecule has 11 heteroatoms. The Morgan fingerprint density at radius 3 is 2.71 bits per heavy atom. The minimum atomic E-state index is -1.73. The van der Waals surface area contributed by atoms with E-state index in [1.807, 2.05) is 0 Å². The Bertz CT molecular complexity index is 1030. The number of aromatic nitrogens is 2. The Morgan fingerprint density at radius 1 is 1.32 bits per heavy atom. The van der Waals surface area contributed by atoms with E-state index in [1.165, 1.54) is 19.1 Å². The van der Waals surface area contributed by atoms with Crippen LogP contribution in [-0.2, 0) is 21.4 Å². The maximum absolute atomic E-state index is 15.5. The number of nitrogens with two attached hydrogens (primary N) is 1. The molecule has 1 fully saturated rings. The van der Waals surface area contributed by atoms with Gasteiger partial charge in [-0.15, -0.1) is 0 Å². The zero-order chi connectivity index (χ0) is 22.2. The van der Waals surface area contributed by atoms with Crippen LogP contribution in [0, 0.1) is 5.82 Å². The molecule has 1 aromatic carbocycles. The van der Waals surface area contributed by atoms with E-state index in [1.54, 1.807) is 0 Å². The van der Waals surface area contributed by atoms with Crippen molar-refractivity contribution in [1.29, 1.82) is 0 Å². The van der Waals surface area contributed by atoms with Gasteiger partial charge in [0.1, 0.15) is 17.1 Å². The molecular weight excluding hydrogens is 417 g/mol. The van der Waals surface area contributed by atoms with Gasteiger partial charge in [-0.3, -0.25) is 4.79 Å². The number of benzene rings is 1. The molecule has 0 bridgehead atoms. The molecule has 0 unspecified atom stereocenters. The van der Waals surface area contributed by atoms with Gasteiger partial charge < -0.3 is 19.9 Å². The number of ketones is 1. The molecule has 3 heterocycles. The molecule has 1 spiro atoms. The van der Waals surface area contributed by atoms with Gasteiger partial charge in [-0.1, -0.05) is 6.07 Å². The molecule has 31 heavy (non-hydrogen) atoms. The van der Waals surface area contributed by atoms with Crippen molar-refractivity contribution in [1.82, 2.24) is 9.97 Å². The molecule has 0 aliphatic carbocycles. The summed E-state index contributed by atoms with van der Waals surface area (Å²) in [6.07, 6.45) is 0.399. The second-order valence-electron chi connectivity index (χ2n) is 7.53. The van der Waals surface area contributed by atoms with E-state index < -0.39 is 35.8 Å². The average molecular weight is 436 g/mol. The van der Waals surface area contributed by atoms with Crippen LogP contribution in [0.4, 0.5) is 13.2 Å². The molecule has 2 aromatic rings.